The summed E-state index contributed by atoms with van der Waals surface area (Å²) < 4.78 is 76.7. The maximum absolute atomic E-state index is 13.2. The second-order valence-corrected chi connectivity index (χ2v) is 6.46. The summed E-state index contributed by atoms with van der Waals surface area (Å²) in [7, 11) is 0. The summed E-state index contributed by atoms with van der Waals surface area (Å²) in [6.45, 7) is 0. The second kappa shape index (κ2) is 5.81. The molecule has 1 aromatic rings. The number of hydrogen-bond donors (Lipinski definition) is 0. The Labute approximate surface area is 142 Å². The smallest absolute Gasteiger partial charge is 0.289 e. The zero-order chi connectivity index (χ0) is 18.4. The topological polar surface area (TPSA) is 17.1 Å². The average molecular weight is 389 g/mol. The zero-order valence-corrected chi connectivity index (χ0v) is 13.1. The number of carbonyl (C=O) groups is 1. The van der Waals surface area contributed by atoms with E-state index in [-0.39, 0.29) is 17.7 Å². The third-order valence-electron chi connectivity index (χ3n) is 3.51. The first-order chi connectivity index (χ1) is 10.8. The summed E-state index contributed by atoms with van der Waals surface area (Å²) in [4.78, 5) is 12.4. The van der Waals surface area contributed by atoms with Crippen molar-refractivity contribution in [1.29, 1.82) is 0 Å². The van der Waals surface area contributed by atoms with Crippen LogP contribution in [0.25, 0.3) is 0 Å². The quantitative estimate of drug-likeness (QED) is 0.277. The number of allylic oxidation sites excluding steroid dienone is 4. The van der Waals surface area contributed by atoms with Gasteiger partial charge in [0.05, 0.1) is 0 Å². The van der Waals surface area contributed by atoms with Gasteiger partial charge in [0.1, 0.15) is 0 Å². The van der Waals surface area contributed by atoms with Crippen molar-refractivity contribution in [3.63, 3.8) is 0 Å². The minimum Gasteiger partial charge on any atom is -0.289 e. The van der Waals surface area contributed by atoms with E-state index in [1.54, 1.807) is 0 Å². The van der Waals surface area contributed by atoms with Gasteiger partial charge in [0.15, 0.2) is 15.5 Å². The molecule has 0 spiro atoms. The highest BCUT2D eigenvalue weighted by molar-refractivity contribution is 6.54. The van der Waals surface area contributed by atoms with Gasteiger partial charge in [-0.2, -0.15) is 26.3 Å². The van der Waals surface area contributed by atoms with E-state index in [2.05, 4.69) is 0 Å². The molecule has 0 N–H and O–H groups in total. The molecule has 130 valence electrons. The van der Waals surface area contributed by atoms with Gasteiger partial charge in [0.25, 0.3) is 0 Å². The Morgan fingerprint density at radius 2 is 1.38 bits per heavy atom. The van der Waals surface area contributed by atoms with Gasteiger partial charge in [-0.15, -0.1) is 0 Å². The normalized spacial score (nSPS) is 19.8. The summed E-state index contributed by atoms with van der Waals surface area (Å²) in [6, 6.07) is 6.79. The molecular formula is C15H8Cl2F6O. The summed E-state index contributed by atoms with van der Waals surface area (Å²) in [6.07, 6.45) is -11.5. The predicted molar refractivity (Wildman–Crippen MR) is 77.0 cm³/mol. The molecule has 0 saturated heterocycles. The summed E-state index contributed by atoms with van der Waals surface area (Å²) in [5.74, 6) is -1.12. The molecule has 0 amide bonds. The molecule has 0 aromatic heterocycles. The molecule has 1 aliphatic rings. The van der Waals surface area contributed by atoms with E-state index < -0.39 is 33.5 Å². The van der Waals surface area contributed by atoms with Crippen molar-refractivity contribution in [1.82, 2.24) is 0 Å². The monoisotopic (exact) mass is 388 g/mol. The van der Waals surface area contributed by atoms with Crippen LogP contribution in [0.15, 0.2) is 54.1 Å². The van der Waals surface area contributed by atoms with Crippen molar-refractivity contribution < 1.29 is 31.1 Å². The van der Waals surface area contributed by atoms with Gasteiger partial charge in [-0.3, -0.25) is 4.79 Å². The fourth-order valence-corrected chi connectivity index (χ4v) is 2.58. The number of rotatable bonds is 2. The molecule has 0 bridgehead atoms. The number of ketones is 1. The van der Waals surface area contributed by atoms with Crippen LogP contribution in [0.2, 0.25) is 0 Å². The van der Waals surface area contributed by atoms with Gasteiger partial charge >= 0.3 is 12.4 Å². The highest BCUT2D eigenvalue weighted by Gasteiger charge is 2.69. The van der Waals surface area contributed by atoms with E-state index in [0.717, 1.165) is 0 Å². The number of halogens is 8. The highest BCUT2D eigenvalue weighted by Crippen LogP contribution is 2.56. The van der Waals surface area contributed by atoms with Crippen LogP contribution < -0.4 is 0 Å². The Kier molecular flexibility index (Phi) is 4.56. The maximum atomic E-state index is 13.2. The molecule has 1 aliphatic carbocycles. The van der Waals surface area contributed by atoms with Crippen LogP contribution in [0.4, 0.5) is 26.3 Å². The highest BCUT2D eigenvalue weighted by atomic mass is 35.5. The van der Waals surface area contributed by atoms with Gasteiger partial charge in [-0.05, 0) is 12.2 Å². The third kappa shape index (κ3) is 3.07. The first-order valence-electron chi connectivity index (χ1n) is 6.36. The largest absolute Gasteiger partial charge is 0.410 e. The molecule has 9 heteroatoms. The molecule has 0 unspecified atom stereocenters. The second-order valence-electron chi connectivity index (χ2n) is 5.07. The molecule has 0 heterocycles. The predicted octanol–water partition coefficient (Wildman–Crippen LogP) is 5.65. The van der Waals surface area contributed by atoms with Crippen LogP contribution in [0.1, 0.15) is 10.4 Å². The van der Waals surface area contributed by atoms with Gasteiger partial charge in [0, 0.05) is 11.1 Å². The van der Waals surface area contributed by atoms with E-state index in [9.17, 15) is 31.1 Å². The number of Topliss-reactive ketones (excluding diaryl/α,β-unsaturated/α-hetero) is 1. The zero-order valence-electron chi connectivity index (χ0n) is 11.6. The van der Waals surface area contributed by atoms with Crippen LogP contribution in [0.3, 0.4) is 0 Å². The Balaban J connectivity index is 2.67. The molecule has 1 nitrogen and oxygen atoms in total. The minimum atomic E-state index is -5.73. The first kappa shape index (κ1) is 18.9. The average Bonchev–Trinajstić information content (AvgIpc) is 2.44. The van der Waals surface area contributed by atoms with E-state index >= 15 is 0 Å². The van der Waals surface area contributed by atoms with Crippen molar-refractivity contribution in [2.75, 3.05) is 0 Å². The van der Waals surface area contributed by atoms with Crippen molar-refractivity contribution in [3.8, 4) is 0 Å². The lowest BCUT2D eigenvalue weighted by atomic mass is 9.78. The van der Waals surface area contributed by atoms with Crippen LogP contribution >= 0.6 is 23.2 Å². The lowest BCUT2D eigenvalue weighted by Crippen LogP contribution is -2.50. The van der Waals surface area contributed by atoms with Crippen molar-refractivity contribution in [2.45, 2.75) is 16.7 Å². The molecule has 0 radical (unpaired) electrons. The van der Waals surface area contributed by atoms with Crippen LogP contribution in [0, 0.1) is 5.41 Å². The van der Waals surface area contributed by atoms with Crippen LogP contribution in [-0.2, 0) is 0 Å². The van der Waals surface area contributed by atoms with Crippen molar-refractivity contribution in [2.24, 2.45) is 5.41 Å². The van der Waals surface area contributed by atoms with Crippen LogP contribution in [-0.4, -0.2) is 22.5 Å². The number of carbonyl (C=O) groups excluding carboxylic acids is 1. The van der Waals surface area contributed by atoms with E-state index in [0.29, 0.717) is 6.08 Å². The van der Waals surface area contributed by atoms with E-state index in [1.807, 2.05) is 0 Å². The summed E-state index contributed by atoms with van der Waals surface area (Å²) in [5, 5.41) is 0. The lowest BCUT2D eigenvalue weighted by Gasteiger charge is -2.37. The summed E-state index contributed by atoms with van der Waals surface area (Å²) >= 11 is 11.5. The van der Waals surface area contributed by atoms with Crippen LogP contribution in [0.5, 0.6) is 0 Å². The number of benzene rings is 1. The van der Waals surface area contributed by atoms with E-state index in [4.69, 9.17) is 23.2 Å². The third-order valence-corrected chi connectivity index (χ3v) is 4.16. The number of hydrogen-bond acceptors (Lipinski definition) is 1. The molecule has 0 fully saturated rings. The molecule has 2 rings (SSSR count). The lowest BCUT2D eigenvalue weighted by molar-refractivity contribution is -0.303. The Hall–Kier alpha value is -1.47. The molecule has 0 atom stereocenters. The fraction of sp³-hybridized carbons (Fsp3) is 0.267. The standard InChI is InChI=1S/C15H8Cl2F6O/c16-13(17)7-6-12(14(18,19)20,15(21,22)23)8-10(13)11(24)9-4-2-1-3-5-9/h1-8H. The van der Waals surface area contributed by atoms with Crippen molar-refractivity contribution >= 4 is 29.0 Å². The number of alkyl halides is 8. The van der Waals surface area contributed by atoms with Gasteiger partial charge in [-0.1, -0.05) is 59.6 Å². The Bertz CT molecular complexity index is 687. The van der Waals surface area contributed by atoms with E-state index in [1.165, 1.54) is 30.3 Å². The molecule has 0 aliphatic heterocycles. The Morgan fingerprint density at radius 3 is 1.83 bits per heavy atom. The molecule has 0 saturated carbocycles. The first-order valence-corrected chi connectivity index (χ1v) is 7.12. The maximum Gasteiger partial charge on any atom is 0.410 e. The van der Waals surface area contributed by atoms with Gasteiger partial charge in [0.2, 0.25) is 0 Å². The SMILES string of the molecule is O=C(C1=CC(C(F)(F)F)(C(F)(F)F)C=CC1(Cl)Cl)c1ccccc1. The van der Waals surface area contributed by atoms with Crippen molar-refractivity contribution in [3.05, 3.63) is 59.7 Å². The molecule has 1 aromatic carbocycles. The summed E-state index contributed by atoms with van der Waals surface area (Å²) in [5.41, 5.74) is -5.48. The Morgan fingerprint density at radius 1 is 0.875 bits per heavy atom. The molecule has 24 heavy (non-hydrogen) atoms. The van der Waals surface area contributed by atoms with Gasteiger partial charge < -0.3 is 0 Å². The van der Waals surface area contributed by atoms with Gasteiger partial charge in [-0.25, -0.2) is 0 Å². The molecular weight excluding hydrogens is 381 g/mol. The fourth-order valence-electron chi connectivity index (χ4n) is 2.17. The minimum absolute atomic E-state index is 0.136.